The molecule has 13 heavy (non-hydrogen) atoms. The molecule has 0 bridgehead atoms. The van der Waals surface area contributed by atoms with Crippen LogP contribution in [0.25, 0.3) is 0 Å². The van der Waals surface area contributed by atoms with Crippen LogP contribution in [0.4, 0.5) is 0 Å². The number of amides is 1. The van der Waals surface area contributed by atoms with Gasteiger partial charge in [-0.3, -0.25) is 9.59 Å². The van der Waals surface area contributed by atoms with Crippen LogP contribution in [0.1, 0.15) is 0 Å². The molecule has 0 aliphatic heterocycles. The maximum Gasteiger partial charge on any atom is 0.251 e. The highest BCUT2D eigenvalue weighted by molar-refractivity contribution is 5.73. The zero-order valence-electron chi connectivity index (χ0n) is 7.19. The van der Waals surface area contributed by atoms with Crippen molar-refractivity contribution in [2.24, 2.45) is 5.73 Å². The van der Waals surface area contributed by atoms with Crippen molar-refractivity contribution in [1.29, 1.82) is 0 Å². The number of primary amides is 1. The minimum absolute atomic E-state index is 0.129. The highest BCUT2D eigenvalue weighted by Crippen LogP contribution is 2.04. The topological polar surface area (TPSA) is 74.3 Å². The molecule has 0 spiro atoms. The van der Waals surface area contributed by atoms with E-state index in [9.17, 15) is 9.59 Å². The lowest BCUT2D eigenvalue weighted by Crippen LogP contribution is -2.26. The molecule has 0 fully saturated rings. The first-order chi connectivity index (χ1) is 6.13. The van der Waals surface area contributed by atoms with E-state index in [0.29, 0.717) is 5.75 Å². The van der Waals surface area contributed by atoms with Gasteiger partial charge in [0.1, 0.15) is 12.3 Å². The highest BCUT2D eigenvalue weighted by atomic mass is 16.5. The Morgan fingerprint density at radius 3 is 2.85 bits per heavy atom. The van der Waals surface area contributed by atoms with E-state index in [1.54, 1.807) is 0 Å². The molecular weight excluding hydrogens is 172 g/mol. The summed E-state index contributed by atoms with van der Waals surface area (Å²) in [6, 6.07) is 2.85. The normalized spacial score (nSPS) is 9.62. The molecule has 0 radical (unpaired) electrons. The average Bonchev–Trinajstić information content (AvgIpc) is 2.08. The van der Waals surface area contributed by atoms with Crippen LogP contribution in [0.15, 0.2) is 23.1 Å². The average molecular weight is 182 g/mol. The lowest BCUT2D eigenvalue weighted by molar-refractivity contribution is -0.118. The number of nitrogens with zero attached hydrogens (tertiary/aromatic N) is 1. The zero-order chi connectivity index (χ0) is 9.84. The van der Waals surface area contributed by atoms with Crippen LogP contribution in [0, 0.1) is 0 Å². The van der Waals surface area contributed by atoms with Gasteiger partial charge in [-0.2, -0.15) is 0 Å². The van der Waals surface area contributed by atoms with E-state index in [0.717, 1.165) is 0 Å². The summed E-state index contributed by atoms with van der Waals surface area (Å²) in [4.78, 5) is 21.7. The summed E-state index contributed by atoms with van der Waals surface area (Å²) in [6.45, 7) is -0.129. The molecular formula is C8H10N2O3. The summed E-state index contributed by atoms with van der Waals surface area (Å²) in [6.07, 6.45) is 1.44. The van der Waals surface area contributed by atoms with Crippen molar-refractivity contribution >= 4 is 5.91 Å². The molecule has 1 aromatic heterocycles. The predicted octanol–water partition coefficient (Wildman–Crippen LogP) is -0.658. The molecule has 0 atom stereocenters. The Bertz CT molecular complexity index is 370. The van der Waals surface area contributed by atoms with E-state index in [-0.39, 0.29) is 12.1 Å². The Morgan fingerprint density at radius 2 is 2.31 bits per heavy atom. The van der Waals surface area contributed by atoms with Gasteiger partial charge in [-0.25, -0.2) is 0 Å². The number of hydrogen-bond donors (Lipinski definition) is 1. The molecule has 0 saturated heterocycles. The lowest BCUT2D eigenvalue weighted by Gasteiger charge is -2.04. The van der Waals surface area contributed by atoms with Gasteiger partial charge in [-0.15, -0.1) is 0 Å². The number of carbonyl (C=O) groups is 1. The minimum atomic E-state index is -0.560. The quantitative estimate of drug-likeness (QED) is 0.674. The van der Waals surface area contributed by atoms with E-state index in [2.05, 4.69) is 0 Å². The van der Waals surface area contributed by atoms with Crippen LogP contribution in [-0.2, 0) is 11.3 Å². The first kappa shape index (κ1) is 9.31. The third kappa shape index (κ3) is 2.33. The first-order valence-corrected chi connectivity index (χ1v) is 3.66. The number of hydrogen-bond acceptors (Lipinski definition) is 3. The van der Waals surface area contributed by atoms with Gasteiger partial charge < -0.3 is 15.0 Å². The summed E-state index contributed by atoms with van der Waals surface area (Å²) >= 11 is 0. The molecule has 1 amide bonds. The standard InChI is InChI=1S/C8H10N2O3/c1-13-6-2-3-8(12)10(4-6)5-7(9)11/h2-4H,5H2,1H3,(H2,9,11). The fourth-order valence-corrected chi connectivity index (χ4v) is 0.922. The van der Waals surface area contributed by atoms with Crippen LogP contribution in [0.2, 0.25) is 0 Å². The Morgan fingerprint density at radius 1 is 1.62 bits per heavy atom. The summed E-state index contributed by atoms with van der Waals surface area (Å²) < 4.78 is 6.08. The fraction of sp³-hybridized carbons (Fsp3) is 0.250. The molecule has 0 aliphatic rings. The number of aromatic nitrogens is 1. The molecule has 1 aromatic rings. The molecule has 0 aliphatic carbocycles. The number of rotatable bonds is 3. The summed E-state index contributed by atoms with van der Waals surface area (Å²) in [5.41, 5.74) is 4.67. The third-order valence-electron chi connectivity index (χ3n) is 1.52. The number of carbonyl (C=O) groups excluding carboxylic acids is 1. The monoisotopic (exact) mass is 182 g/mol. The second-order valence-corrected chi connectivity index (χ2v) is 2.50. The molecule has 1 heterocycles. The molecule has 0 aromatic carbocycles. The second kappa shape index (κ2) is 3.75. The summed E-state index contributed by atoms with van der Waals surface area (Å²) in [7, 11) is 1.48. The van der Waals surface area contributed by atoms with Crippen molar-refractivity contribution in [3.05, 3.63) is 28.7 Å². The van der Waals surface area contributed by atoms with Gasteiger partial charge in [-0.05, 0) is 6.07 Å². The SMILES string of the molecule is COc1ccc(=O)n(CC(N)=O)c1. The third-order valence-corrected chi connectivity index (χ3v) is 1.52. The van der Waals surface area contributed by atoms with E-state index in [1.807, 2.05) is 0 Å². The zero-order valence-corrected chi connectivity index (χ0v) is 7.19. The highest BCUT2D eigenvalue weighted by Gasteiger charge is 2.00. The number of pyridine rings is 1. The van der Waals surface area contributed by atoms with Gasteiger partial charge in [0.25, 0.3) is 5.56 Å². The number of ether oxygens (including phenoxy) is 1. The van der Waals surface area contributed by atoms with Crippen molar-refractivity contribution < 1.29 is 9.53 Å². The van der Waals surface area contributed by atoms with Crippen molar-refractivity contribution in [3.8, 4) is 5.75 Å². The Kier molecular flexibility index (Phi) is 2.69. The Hall–Kier alpha value is -1.78. The van der Waals surface area contributed by atoms with E-state index < -0.39 is 5.91 Å². The fourth-order valence-electron chi connectivity index (χ4n) is 0.922. The molecule has 2 N–H and O–H groups in total. The van der Waals surface area contributed by atoms with Gasteiger partial charge >= 0.3 is 0 Å². The van der Waals surface area contributed by atoms with E-state index >= 15 is 0 Å². The van der Waals surface area contributed by atoms with Gasteiger partial charge in [0, 0.05) is 12.3 Å². The summed E-state index contributed by atoms with van der Waals surface area (Å²) in [5, 5.41) is 0. The van der Waals surface area contributed by atoms with E-state index in [4.69, 9.17) is 10.5 Å². The van der Waals surface area contributed by atoms with Crippen LogP contribution >= 0.6 is 0 Å². The van der Waals surface area contributed by atoms with Crippen molar-refractivity contribution in [3.63, 3.8) is 0 Å². The van der Waals surface area contributed by atoms with Gasteiger partial charge in [0.2, 0.25) is 5.91 Å². The number of nitrogens with two attached hydrogens (primary N) is 1. The van der Waals surface area contributed by atoms with Crippen LogP contribution < -0.4 is 16.0 Å². The summed E-state index contributed by atoms with van der Waals surface area (Å²) in [5.74, 6) is -0.0452. The molecule has 0 unspecified atom stereocenters. The van der Waals surface area contributed by atoms with Crippen LogP contribution in [0.5, 0.6) is 5.75 Å². The van der Waals surface area contributed by atoms with Crippen LogP contribution in [-0.4, -0.2) is 17.6 Å². The molecule has 5 nitrogen and oxygen atoms in total. The van der Waals surface area contributed by atoms with Crippen molar-refractivity contribution in [2.75, 3.05) is 7.11 Å². The van der Waals surface area contributed by atoms with Crippen molar-refractivity contribution in [2.45, 2.75) is 6.54 Å². The molecule has 5 heteroatoms. The van der Waals surface area contributed by atoms with Gasteiger partial charge in [-0.1, -0.05) is 0 Å². The molecule has 70 valence electrons. The smallest absolute Gasteiger partial charge is 0.251 e. The van der Waals surface area contributed by atoms with Gasteiger partial charge in [0.05, 0.1) is 7.11 Å². The van der Waals surface area contributed by atoms with E-state index in [1.165, 1.54) is 30.0 Å². The maximum absolute atomic E-state index is 11.1. The minimum Gasteiger partial charge on any atom is -0.495 e. The predicted molar refractivity (Wildman–Crippen MR) is 46.4 cm³/mol. The lowest BCUT2D eigenvalue weighted by atomic mass is 10.4. The van der Waals surface area contributed by atoms with Crippen molar-refractivity contribution in [1.82, 2.24) is 4.57 Å². The number of methoxy groups -OCH3 is 1. The molecule has 0 saturated carbocycles. The Balaban J connectivity index is 3.04. The van der Waals surface area contributed by atoms with Gasteiger partial charge in [0.15, 0.2) is 0 Å². The second-order valence-electron chi connectivity index (χ2n) is 2.50. The van der Waals surface area contributed by atoms with Crippen LogP contribution in [0.3, 0.4) is 0 Å². The first-order valence-electron chi connectivity index (χ1n) is 3.66. The molecule has 1 rings (SSSR count). The largest absolute Gasteiger partial charge is 0.495 e. The Labute approximate surface area is 74.7 Å². The maximum atomic E-state index is 11.1.